The zero-order valence-corrected chi connectivity index (χ0v) is 15.2. The van der Waals surface area contributed by atoms with Crippen LogP contribution in [-0.2, 0) is 9.53 Å². The fourth-order valence-corrected chi connectivity index (χ4v) is 3.04. The summed E-state index contributed by atoms with van der Waals surface area (Å²) < 4.78 is 5.32. The second kappa shape index (κ2) is 7.87. The molecule has 2 aromatic rings. The van der Waals surface area contributed by atoms with E-state index in [1.165, 1.54) is 13.3 Å². The molecule has 9 heteroatoms. The summed E-state index contributed by atoms with van der Waals surface area (Å²) in [5.41, 5.74) is 1.31. The molecule has 1 N–H and O–H groups in total. The van der Waals surface area contributed by atoms with Crippen LogP contribution < -0.4 is 10.4 Å². The van der Waals surface area contributed by atoms with Crippen LogP contribution in [0.5, 0.6) is 0 Å². The van der Waals surface area contributed by atoms with Crippen molar-refractivity contribution in [3.63, 3.8) is 0 Å². The Balaban J connectivity index is 2.29. The van der Waals surface area contributed by atoms with Crippen LogP contribution in [0, 0.1) is 10.1 Å². The summed E-state index contributed by atoms with van der Waals surface area (Å²) in [5, 5.41) is 26.5. The van der Waals surface area contributed by atoms with Crippen LogP contribution in [0.4, 0.5) is 5.69 Å². The number of carboxylic acid groups (broad SMARTS) is 1. The number of aliphatic imine (C=N–C) groups is 1. The number of carboxylic acids is 1. The van der Waals surface area contributed by atoms with Gasteiger partial charge in [-0.3, -0.25) is 20.1 Å². The van der Waals surface area contributed by atoms with Gasteiger partial charge in [0.05, 0.1) is 23.6 Å². The number of nitrogens with zero attached hydrogens (tertiary/aromatic N) is 3. The lowest BCUT2D eigenvalue weighted by molar-refractivity contribution is -0.495. The molecule has 3 rings (SSSR count). The van der Waals surface area contributed by atoms with Gasteiger partial charge in [-0.15, -0.1) is 0 Å². The van der Waals surface area contributed by atoms with Crippen molar-refractivity contribution in [1.82, 2.24) is 4.98 Å². The van der Waals surface area contributed by atoms with Crippen molar-refractivity contribution in [2.75, 3.05) is 12.4 Å². The summed E-state index contributed by atoms with van der Waals surface area (Å²) in [4.78, 5) is 31.4. The Morgan fingerprint density at radius 3 is 2.61 bits per heavy atom. The number of rotatable bonds is 5. The van der Waals surface area contributed by atoms with E-state index in [0.717, 1.165) is 0 Å². The van der Waals surface area contributed by atoms with Gasteiger partial charge in [0.15, 0.2) is 0 Å². The van der Waals surface area contributed by atoms with Gasteiger partial charge in [0.2, 0.25) is 0 Å². The van der Waals surface area contributed by atoms with Gasteiger partial charge in [0, 0.05) is 29.2 Å². The molecule has 9 nitrogen and oxygen atoms in total. The molecule has 1 aliphatic rings. The normalized spacial score (nSPS) is 19.3. The fraction of sp³-hybridized carbons (Fsp3) is 0.211. The Bertz CT molecular complexity index is 971. The zero-order valence-electron chi connectivity index (χ0n) is 15.2. The van der Waals surface area contributed by atoms with Crippen LogP contribution in [0.2, 0.25) is 0 Å². The number of pyridine rings is 1. The van der Waals surface area contributed by atoms with Crippen molar-refractivity contribution in [3.05, 3.63) is 75.8 Å². The van der Waals surface area contributed by atoms with E-state index in [9.17, 15) is 20.0 Å². The highest BCUT2D eigenvalue weighted by Gasteiger charge is 2.37. The number of ether oxygens (including phenoxy) is 1. The molecule has 2 heterocycles. The summed E-state index contributed by atoms with van der Waals surface area (Å²) in [7, 11) is 1.42. The number of methoxy groups -OCH3 is 1. The number of nitro groups is 1. The molecule has 0 bridgehead atoms. The van der Waals surface area contributed by atoms with Crippen LogP contribution in [0.1, 0.15) is 24.1 Å². The van der Waals surface area contributed by atoms with Gasteiger partial charge in [-0.2, -0.15) is 0 Å². The van der Waals surface area contributed by atoms with Crippen molar-refractivity contribution < 1.29 is 19.6 Å². The third-order valence-corrected chi connectivity index (χ3v) is 4.37. The molecule has 0 aliphatic carbocycles. The van der Waals surface area contributed by atoms with E-state index in [2.05, 4.69) is 15.3 Å². The Morgan fingerprint density at radius 2 is 2.00 bits per heavy atom. The van der Waals surface area contributed by atoms with Gasteiger partial charge in [0.1, 0.15) is 17.5 Å². The predicted octanol–water partition coefficient (Wildman–Crippen LogP) is 1.42. The highest BCUT2D eigenvalue weighted by Crippen LogP contribution is 2.33. The number of carbonyl (C=O) groups is 1. The zero-order chi connectivity index (χ0) is 20.3. The van der Waals surface area contributed by atoms with Crippen LogP contribution in [0.25, 0.3) is 5.57 Å². The Hall–Kier alpha value is -3.75. The molecular formula is C19H17N4O5-. The summed E-state index contributed by atoms with van der Waals surface area (Å²) >= 11 is 0. The molecule has 0 fully saturated rings. The van der Waals surface area contributed by atoms with Crippen LogP contribution in [0.3, 0.4) is 0 Å². The second-order valence-corrected chi connectivity index (χ2v) is 6.03. The first kappa shape index (κ1) is 19.0. The molecule has 0 spiro atoms. The summed E-state index contributed by atoms with van der Waals surface area (Å²) in [5.74, 6) is -1.13. The average molecular weight is 381 g/mol. The number of nitrogens with one attached hydrogen (secondary N) is 1. The SMILES string of the molecule is COC(C)=C(C1=N[C@H](C(=O)[O-])c2ccccc2NC1[N+](=O)[O-])c1cccnc1. The molecule has 1 aromatic carbocycles. The molecular weight excluding hydrogens is 364 g/mol. The number of benzene rings is 1. The molecule has 0 radical (unpaired) electrons. The highest BCUT2D eigenvalue weighted by atomic mass is 16.6. The average Bonchev–Trinajstić information content (AvgIpc) is 2.86. The molecule has 0 amide bonds. The van der Waals surface area contributed by atoms with Crippen LogP contribution in [-0.4, -0.2) is 34.9 Å². The lowest BCUT2D eigenvalue weighted by Crippen LogP contribution is -2.38. The first-order valence-corrected chi connectivity index (χ1v) is 8.37. The third kappa shape index (κ3) is 3.54. The van der Waals surface area contributed by atoms with E-state index in [-0.39, 0.29) is 11.3 Å². The van der Waals surface area contributed by atoms with E-state index in [4.69, 9.17) is 4.74 Å². The van der Waals surface area contributed by atoms with E-state index in [1.54, 1.807) is 49.5 Å². The van der Waals surface area contributed by atoms with Crippen molar-refractivity contribution in [2.24, 2.45) is 4.99 Å². The summed E-state index contributed by atoms with van der Waals surface area (Å²) in [6.45, 7) is 1.62. The molecule has 1 aromatic heterocycles. The van der Waals surface area contributed by atoms with Gasteiger partial charge in [-0.25, -0.2) is 0 Å². The van der Waals surface area contributed by atoms with E-state index in [0.29, 0.717) is 22.6 Å². The number of aliphatic carboxylic acids is 1. The van der Waals surface area contributed by atoms with Crippen LogP contribution in [0.15, 0.2) is 59.5 Å². The number of hydrogen-bond acceptors (Lipinski definition) is 8. The molecule has 0 saturated heterocycles. The number of aromatic nitrogens is 1. The standard InChI is InChI=1S/C19H18N4O5/c1-11(28-2)15(12-6-5-9-20-10-12)17-18(23(26)27)21-14-8-4-3-7-13(14)16(22-17)19(24)25/h3-10,16,18,21H,1-2H3,(H,24,25)/p-1/t16-,18?/m0/s1. The van der Waals surface area contributed by atoms with Crippen molar-refractivity contribution >= 4 is 22.9 Å². The van der Waals surface area contributed by atoms with Gasteiger partial charge >= 0.3 is 6.17 Å². The molecule has 144 valence electrons. The fourth-order valence-electron chi connectivity index (χ4n) is 3.04. The minimum absolute atomic E-state index is 0.0808. The lowest BCUT2D eigenvalue weighted by atomic mass is 9.99. The molecule has 0 saturated carbocycles. The minimum atomic E-state index is -1.49. The summed E-state index contributed by atoms with van der Waals surface area (Å²) in [6, 6.07) is 8.33. The van der Waals surface area contributed by atoms with Crippen molar-refractivity contribution in [1.29, 1.82) is 0 Å². The van der Waals surface area contributed by atoms with Gasteiger partial charge < -0.3 is 20.0 Å². The number of anilines is 1. The first-order valence-electron chi connectivity index (χ1n) is 8.37. The Kier molecular flexibility index (Phi) is 5.35. The third-order valence-electron chi connectivity index (χ3n) is 4.37. The Labute approximate surface area is 160 Å². The monoisotopic (exact) mass is 381 g/mol. The summed E-state index contributed by atoms with van der Waals surface area (Å²) in [6.07, 6.45) is 1.57. The van der Waals surface area contributed by atoms with Crippen molar-refractivity contribution in [2.45, 2.75) is 19.1 Å². The number of fused-ring (bicyclic) bond motifs is 1. The van der Waals surface area contributed by atoms with Gasteiger partial charge in [0.25, 0.3) is 0 Å². The maximum absolute atomic E-state index is 11.9. The molecule has 1 aliphatic heterocycles. The number of allylic oxidation sites excluding steroid dienone is 1. The maximum atomic E-state index is 11.9. The Morgan fingerprint density at radius 1 is 1.25 bits per heavy atom. The highest BCUT2D eigenvalue weighted by molar-refractivity contribution is 6.27. The smallest absolute Gasteiger partial charge is 0.327 e. The first-order chi connectivity index (χ1) is 13.4. The molecule has 2 atom stereocenters. The number of hydrogen-bond donors (Lipinski definition) is 1. The number of carbonyl (C=O) groups excluding carboxylic acids is 1. The maximum Gasteiger partial charge on any atom is 0.327 e. The quantitative estimate of drug-likeness (QED) is 0.471. The van der Waals surface area contributed by atoms with Gasteiger partial charge in [-0.1, -0.05) is 24.3 Å². The van der Waals surface area contributed by atoms with Crippen molar-refractivity contribution in [3.8, 4) is 0 Å². The minimum Gasteiger partial charge on any atom is -0.547 e. The topological polar surface area (TPSA) is 130 Å². The predicted molar refractivity (Wildman–Crippen MR) is 99.9 cm³/mol. The second-order valence-electron chi connectivity index (χ2n) is 6.03. The lowest BCUT2D eigenvalue weighted by Gasteiger charge is -2.18. The molecule has 28 heavy (non-hydrogen) atoms. The van der Waals surface area contributed by atoms with E-state index in [1.807, 2.05) is 0 Å². The van der Waals surface area contributed by atoms with Crippen LogP contribution >= 0.6 is 0 Å². The van der Waals surface area contributed by atoms with E-state index < -0.39 is 23.1 Å². The van der Waals surface area contributed by atoms with E-state index >= 15 is 0 Å². The molecule has 1 unspecified atom stereocenters. The number of para-hydroxylation sites is 1. The van der Waals surface area contributed by atoms with Gasteiger partial charge in [-0.05, 0) is 19.1 Å². The largest absolute Gasteiger partial charge is 0.547 e.